The fourth-order valence-electron chi connectivity index (χ4n) is 5.04. The molecule has 0 amide bonds. The maximum Gasteiger partial charge on any atom is 0.130 e. The Hall–Kier alpha value is -3.89. The molecule has 2 aromatic heterocycles. The number of fused-ring (bicyclic) bond motifs is 2. The zero-order valence-corrected chi connectivity index (χ0v) is 19.8. The second-order valence-electron chi connectivity index (χ2n) is 10.1. The SMILES string of the molecule is CC(C)(O)C1CN(c2cc(-n3ncc4ccc(OC5CCc6cc(C#N)ccc65)cc43)ccn2)C1. The summed E-state index contributed by atoms with van der Waals surface area (Å²) in [4.78, 5) is 6.73. The van der Waals surface area contributed by atoms with Crippen molar-refractivity contribution in [1.82, 2.24) is 14.8 Å². The normalized spacial score (nSPS) is 17.8. The molecule has 2 aromatic carbocycles. The smallest absolute Gasteiger partial charge is 0.130 e. The standard InChI is InChI=1S/C28H27N5O2/c1-28(2,34)21-16-32(17-21)27-12-22(9-10-30-27)33-25-13-23(6-4-20(25)15-31-33)35-26-8-5-19-11-18(14-29)3-7-24(19)26/h3-4,6-7,9-13,15,21,26,34H,5,8,16-17H2,1-2H3. The number of aliphatic hydroxyl groups is 1. The van der Waals surface area contributed by atoms with E-state index in [0.717, 1.165) is 59.7 Å². The molecule has 7 nitrogen and oxygen atoms in total. The molecule has 1 saturated heterocycles. The van der Waals surface area contributed by atoms with Gasteiger partial charge >= 0.3 is 0 Å². The summed E-state index contributed by atoms with van der Waals surface area (Å²) in [6.07, 6.45) is 5.47. The van der Waals surface area contributed by atoms with Gasteiger partial charge in [0, 0.05) is 42.7 Å². The highest BCUT2D eigenvalue weighted by Gasteiger charge is 2.38. The van der Waals surface area contributed by atoms with Crippen LogP contribution in [0.3, 0.4) is 0 Å². The minimum Gasteiger partial charge on any atom is -0.486 e. The minimum atomic E-state index is -0.680. The van der Waals surface area contributed by atoms with Gasteiger partial charge in [-0.15, -0.1) is 0 Å². The summed E-state index contributed by atoms with van der Waals surface area (Å²) in [5, 5.41) is 25.1. The van der Waals surface area contributed by atoms with E-state index in [0.29, 0.717) is 5.56 Å². The van der Waals surface area contributed by atoms with Crippen LogP contribution in [0.1, 0.15) is 43.1 Å². The number of hydrogen-bond donors (Lipinski definition) is 1. The van der Waals surface area contributed by atoms with Gasteiger partial charge in [-0.05, 0) is 68.1 Å². The van der Waals surface area contributed by atoms with Crippen LogP contribution in [0.25, 0.3) is 16.6 Å². The Kier molecular flexibility index (Phi) is 5.01. The maximum absolute atomic E-state index is 10.2. The van der Waals surface area contributed by atoms with Gasteiger partial charge in [0.05, 0.1) is 34.6 Å². The van der Waals surface area contributed by atoms with Gasteiger partial charge in [-0.1, -0.05) is 6.07 Å². The molecule has 0 bridgehead atoms. The molecule has 3 heterocycles. The Labute approximate surface area is 204 Å². The number of nitriles is 1. The van der Waals surface area contributed by atoms with E-state index in [1.54, 1.807) is 6.20 Å². The average Bonchev–Trinajstić information content (AvgIpc) is 3.41. The summed E-state index contributed by atoms with van der Waals surface area (Å²) >= 11 is 0. The molecule has 1 aliphatic carbocycles. The third-order valence-electron chi connectivity index (χ3n) is 7.29. The van der Waals surface area contributed by atoms with Crippen molar-refractivity contribution >= 4 is 16.7 Å². The molecule has 0 saturated carbocycles. The Morgan fingerprint density at radius 1 is 1.11 bits per heavy atom. The first kappa shape index (κ1) is 21.6. The predicted octanol–water partition coefficient (Wildman–Crippen LogP) is 4.57. The molecule has 4 aromatic rings. The van der Waals surface area contributed by atoms with Crippen LogP contribution in [-0.2, 0) is 6.42 Å². The van der Waals surface area contributed by atoms with Crippen LogP contribution in [0, 0.1) is 17.2 Å². The van der Waals surface area contributed by atoms with E-state index in [-0.39, 0.29) is 12.0 Å². The third kappa shape index (κ3) is 3.90. The number of pyridine rings is 1. The highest BCUT2D eigenvalue weighted by atomic mass is 16.5. The lowest BCUT2D eigenvalue weighted by molar-refractivity contribution is 0.00439. The predicted molar refractivity (Wildman–Crippen MR) is 134 cm³/mol. The minimum absolute atomic E-state index is 0.0192. The van der Waals surface area contributed by atoms with E-state index in [2.05, 4.69) is 21.1 Å². The van der Waals surface area contributed by atoms with Gasteiger partial charge in [-0.2, -0.15) is 10.4 Å². The molecule has 176 valence electrons. The van der Waals surface area contributed by atoms with Gasteiger partial charge in [-0.25, -0.2) is 9.67 Å². The van der Waals surface area contributed by atoms with E-state index >= 15 is 0 Å². The van der Waals surface area contributed by atoms with Crippen molar-refractivity contribution in [3.05, 3.63) is 77.6 Å². The monoisotopic (exact) mass is 465 g/mol. The van der Waals surface area contributed by atoms with Crippen molar-refractivity contribution in [2.45, 2.75) is 38.4 Å². The summed E-state index contributed by atoms with van der Waals surface area (Å²) in [5.74, 6) is 1.93. The highest BCUT2D eigenvalue weighted by Crippen LogP contribution is 2.37. The van der Waals surface area contributed by atoms with Gasteiger partial charge in [-0.3, -0.25) is 0 Å². The molecule has 35 heavy (non-hydrogen) atoms. The molecule has 0 spiro atoms. The molecule has 1 aliphatic heterocycles. The molecule has 1 fully saturated rings. The Morgan fingerprint density at radius 3 is 2.77 bits per heavy atom. The summed E-state index contributed by atoms with van der Waals surface area (Å²) in [7, 11) is 0. The topological polar surface area (TPSA) is 87.2 Å². The third-order valence-corrected chi connectivity index (χ3v) is 7.29. The zero-order chi connectivity index (χ0) is 24.2. The van der Waals surface area contributed by atoms with Crippen LogP contribution in [0.15, 0.2) is 60.9 Å². The number of benzene rings is 2. The van der Waals surface area contributed by atoms with E-state index in [4.69, 9.17) is 4.74 Å². The first-order chi connectivity index (χ1) is 16.9. The maximum atomic E-state index is 10.2. The van der Waals surface area contributed by atoms with Crippen LogP contribution in [0.2, 0.25) is 0 Å². The van der Waals surface area contributed by atoms with E-state index in [1.165, 1.54) is 5.56 Å². The molecule has 2 aliphatic rings. The van der Waals surface area contributed by atoms with Gasteiger partial charge in [0.1, 0.15) is 17.7 Å². The lowest BCUT2D eigenvalue weighted by Gasteiger charge is -2.45. The van der Waals surface area contributed by atoms with Crippen molar-refractivity contribution in [3.8, 4) is 17.5 Å². The molecular weight excluding hydrogens is 438 g/mol. The van der Waals surface area contributed by atoms with Crippen molar-refractivity contribution in [1.29, 1.82) is 5.26 Å². The first-order valence-corrected chi connectivity index (χ1v) is 12.0. The van der Waals surface area contributed by atoms with Crippen molar-refractivity contribution in [2.24, 2.45) is 5.92 Å². The molecule has 1 unspecified atom stereocenters. The number of aryl methyl sites for hydroxylation is 1. The number of ether oxygens (including phenoxy) is 1. The number of nitrogens with zero attached hydrogens (tertiary/aromatic N) is 5. The summed E-state index contributed by atoms with van der Waals surface area (Å²) in [6, 6.07) is 18.1. The van der Waals surface area contributed by atoms with Crippen LogP contribution in [0.4, 0.5) is 5.82 Å². The van der Waals surface area contributed by atoms with E-state index in [1.807, 2.05) is 73.3 Å². The number of anilines is 1. The lowest BCUT2D eigenvalue weighted by Crippen LogP contribution is -2.56. The number of aromatic nitrogens is 3. The molecule has 7 heteroatoms. The molecule has 6 rings (SSSR count). The molecule has 1 N–H and O–H groups in total. The summed E-state index contributed by atoms with van der Waals surface area (Å²) in [5.41, 5.74) is 4.28. The number of hydrogen-bond acceptors (Lipinski definition) is 6. The quantitative estimate of drug-likeness (QED) is 0.465. The Morgan fingerprint density at radius 2 is 1.97 bits per heavy atom. The first-order valence-electron chi connectivity index (χ1n) is 12.0. The van der Waals surface area contributed by atoms with E-state index in [9.17, 15) is 10.4 Å². The Balaban J connectivity index is 1.26. The van der Waals surface area contributed by atoms with Crippen molar-refractivity contribution in [2.75, 3.05) is 18.0 Å². The van der Waals surface area contributed by atoms with Crippen LogP contribution >= 0.6 is 0 Å². The second kappa shape index (κ2) is 8.10. The molecule has 0 radical (unpaired) electrons. The van der Waals surface area contributed by atoms with Gasteiger partial charge in [0.15, 0.2) is 0 Å². The summed E-state index contributed by atoms with van der Waals surface area (Å²) in [6.45, 7) is 5.30. The highest BCUT2D eigenvalue weighted by molar-refractivity contribution is 5.82. The van der Waals surface area contributed by atoms with Crippen molar-refractivity contribution < 1.29 is 9.84 Å². The van der Waals surface area contributed by atoms with Gasteiger partial charge in [0.2, 0.25) is 0 Å². The number of rotatable bonds is 5. The second-order valence-corrected chi connectivity index (χ2v) is 10.1. The Bertz CT molecular complexity index is 1460. The molecule has 1 atom stereocenters. The summed E-state index contributed by atoms with van der Waals surface area (Å²) < 4.78 is 8.33. The van der Waals surface area contributed by atoms with E-state index < -0.39 is 5.60 Å². The lowest BCUT2D eigenvalue weighted by atomic mass is 9.84. The largest absolute Gasteiger partial charge is 0.486 e. The zero-order valence-electron chi connectivity index (χ0n) is 19.8. The van der Waals surface area contributed by atoms with Gasteiger partial charge in [0.25, 0.3) is 0 Å². The van der Waals surface area contributed by atoms with Crippen LogP contribution in [0.5, 0.6) is 5.75 Å². The van der Waals surface area contributed by atoms with Crippen LogP contribution < -0.4 is 9.64 Å². The van der Waals surface area contributed by atoms with Crippen LogP contribution in [-0.4, -0.2) is 38.6 Å². The van der Waals surface area contributed by atoms with Gasteiger partial charge < -0.3 is 14.7 Å². The fourth-order valence-corrected chi connectivity index (χ4v) is 5.04. The molecular formula is C28H27N5O2. The fraction of sp³-hybridized carbons (Fsp3) is 0.321. The average molecular weight is 466 g/mol. The van der Waals surface area contributed by atoms with Crippen molar-refractivity contribution in [3.63, 3.8) is 0 Å².